The number of piperazine rings is 1. The molecule has 4 heterocycles. The average Bonchev–Trinajstić information content (AvgIpc) is 3.48. The molecule has 1 saturated heterocycles. The van der Waals surface area contributed by atoms with Crippen LogP contribution in [0.1, 0.15) is 66.4 Å². The molecule has 0 bridgehead atoms. The molecule has 2 amide bonds. The highest BCUT2D eigenvalue weighted by molar-refractivity contribution is 9.10. The van der Waals surface area contributed by atoms with E-state index in [4.69, 9.17) is 16.6 Å². The molecule has 13 heteroatoms. The Morgan fingerprint density at radius 1 is 1.00 bits per heavy atom. The topological polar surface area (TPSA) is 121 Å². The van der Waals surface area contributed by atoms with Gasteiger partial charge in [0.2, 0.25) is 5.91 Å². The minimum atomic E-state index is -1.07. The second-order valence-electron chi connectivity index (χ2n) is 10.8. The lowest BCUT2D eigenvalue weighted by molar-refractivity contribution is -0.133. The molecule has 1 N–H and O–H groups in total. The van der Waals surface area contributed by atoms with Crippen molar-refractivity contribution in [1.29, 1.82) is 0 Å². The Morgan fingerprint density at radius 3 is 2.34 bits per heavy atom. The van der Waals surface area contributed by atoms with Crippen LogP contribution in [0.4, 0.5) is 0 Å². The molecule has 1 atom stereocenters. The first kappa shape index (κ1) is 30.2. The van der Waals surface area contributed by atoms with E-state index in [2.05, 4.69) is 40.0 Å². The lowest BCUT2D eigenvalue weighted by atomic mass is 9.99. The fraction of sp³-hybridized carbons (Fsp3) is 0.290. The average molecular weight is 696 g/mol. The summed E-state index contributed by atoms with van der Waals surface area (Å²) in [6.45, 7) is 7.54. The zero-order valence-electron chi connectivity index (χ0n) is 24.2. The lowest BCUT2D eigenvalue weighted by Gasteiger charge is -2.35. The van der Waals surface area contributed by atoms with E-state index in [1.54, 1.807) is 21.1 Å². The van der Waals surface area contributed by atoms with Crippen molar-refractivity contribution in [2.45, 2.75) is 33.2 Å². The molecule has 6 rings (SSSR count). The van der Waals surface area contributed by atoms with Gasteiger partial charge < -0.3 is 14.9 Å². The summed E-state index contributed by atoms with van der Waals surface area (Å²) < 4.78 is 2.36. The van der Waals surface area contributed by atoms with Gasteiger partial charge in [-0.25, -0.2) is 4.79 Å². The van der Waals surface area contributed by atoms with E-state index in [0.29, 0.717) is 47.1 Å². The number of halogens is 2. The zero-order valence-corrected chi connectivity index (χ0v) is 27.3. The van der Waals surface area contributed by atoms with E-state index in [9.17, 15) is 19.5 Å². The molecule has 1 fully saturated rings. The molecule has 44 heavy (non-hydrogen) atoms. The van der Waals surface area contributed by atoms with Crippen LogP contribution in [0.15, 0.2) is 51.9 Å². The summed E-state index contributed by atoms with van der Waals surface area (Å²) in [7, 11) is 0. The molecule has 4 aromatic rings. The molecule has 226 valence electrons. The first-order valence-electron chi connectivity index (χ1n) is 14.0. The fourth-order valence-corrected chi connectivity index (χ4v) is 7.48. The number of fused-ring (bicyclic) bond motifs is 3. The van der Waals surface area contributed by atoms with Crippen molar-refractivity contribution >= 4 is 62.4 Å². The predicted molar refractivity (Wildman–Crippen MR) is 171 cm³/mol. The van der Waals surface area contributed by atoms with Gasteiger partial charge in [0, 0.05) is 57.2 Å². The third-order valence-corrected chi connectivity index (χ3v) is 10.2. The minimum Gasteiger partial charge on any atom is -0.478 e. The number of aryl methyl sites for hydroxylation is 2. The maximum atomic E-state index is 13.7. The molecule has 2 aromatic carbocycles. The van der Waals surface area contributed by atoms with Crippen molar-refractivity contribution in [1.82, 2.24) is 24.6 Å². The van der Waals surface area contributed by atoms with Crippen molar-refractivity contribution < 1.29 is 19.5 Å². The van der Waals surface area contributed by atoms with Gasteiger partial charge in [-0.1, -0.05) is 23.7 Å². The number of aromatic nitrogens is 3. The fourth-order valence-electron chi connectivity index (χ4n) is 5.59. The maximum absolute atomic E-state index is 13.7. The van der Waals surface area contributed by atoms with Crippen LogP contribution in [-0.4, -0.2) is 79.3 Å². The number of carboxylic acids is 1. The number of carbonyl (C=O) groups is 3. The Kier molecular flexibility index (Phi) is 8.16. The highest BCUT2D eigenvalue weighted by Crippen LogP contribution is 2.39. The normalized spacial score (nSPS) is 16.2. The number of aliphatic imine (C=N–C) groups is 1. The highest BCUT2D eigenvalue weighted by Gasteiger charge is 2.34. The first-order valence-corrected chi connectivity index (χ1v) is 16.0. The van der Waals surface area contributed by atoms with E-state index in [1.807, 2.05) is 35.8 Å². The molecule has 0 aliphatic carbocycles. The van der Waals surface area contributed by atoms with Crippen molar-refractivity contribution in [3.05, 3.63) is 96.3 Å². The smallest absolute Gasteiger partial charge is 0.336 e. The Balaban J connectivity index is 1.24. The molecule has 2 aliphatic heterocycles. The first-order chi connectivity index (χ1) is 21.0. The molecule has 0 radical (unpaired) electrons. The quantitative estimate of drug-likeness (QED) is 0.289. The van der Waals surface area contributed by atoms with Crippen LogP contribution in [0.2, 0.25) is 5.02 Å². The van der Waals surface area contributed by atoms with Crippen LogP contribution in [0, 0.1) is 20.8 Å². The van der Waals surface area contributed by atoms with Gasteiger partial charge >= 0.3 is 5.97 Å². The monoisotopic (exact) mass is 694 g/mol. The number of carboxylic acid groups (broad SMARTS) is 1. The summed E-state index contributed by atoms with van der Waals surface area (Å²) in [4.78, 5) is 48.0. The third kappa shape index (κ3) is 5.46. The van der Waals surface area contributed by atoms with Crippen LogP contribution in [0.3, 0.4) is 0 Å². The van der Waals surface area contributed by atoms with E-state index in [-0.39, 0.29) is 23.8 Å². The predicted octanol–water partition coefficient (Wildman–Crippen LogP) is 5.63. The van der Waals surface area contributed by atoms with Crippen LogP contribution in [0.25, 0.3) is 5.00 Å². The second kappa shape index (κ2) is 11.9. The van der Waals surface area contributed by atoms with E-state index in [0.717, 1.165) is 33.2 Å². The lowest BCUT2D eigenvalue weighted by Crippen LogP contribution is -2.50. The molecular formula is C31H28BrClN6O4S. The standard InChI is InChI=1S/C31H28BrClN6O4S/c1-16-17(2)44-30-26(16)27(19-4-7-21(33)8-5-19)34-24(28-36-35-18(3)39(28)30)15-25(40)37-10-12-38(13-11-37)29(41)20-6-9-22(31(42)43)23(32)14-20/h4-9,14,24H,10-13,15H2,1-3H3,(H,42,43)/t24-/m0/s1. The van der Waals surface area contributed by atoms with Crippen molar-refractivity contribution in [3.63, 3.8) is 0 Å². The summed E-state index contributed by atoms with van der Waals surface area (Å²) in [6.07, 6.45) is 0.0970. The Hall–Kier alpha value is -3.87. The van der Waals surface area contributed by atoms with Gasteiger partial charge in [0.25, 0.3) is 5.91 Å². The van der Waals surface area contributed by atoms with Gasteiger partial charge in [0.15, 0.2) is 5.82 Å². The summed E-state index contributed by atoms with van der Waals surface area (Å²) in [6, 6.07) is 11.4. The number of hydrogen-bond donors (Lipinski definition) is 1. The molecule has 0 saturated carbocycles. The number of thiophene rings is 1. The van der Waals surface area contributed by atoms with Gasteiger partial charge in [-0.15, -0.1) is 21.5 Å². The van der Waals surface area contributed by atoms with Gasteiger partial charge in [-0.3, -0.25) is 19.1 Å². The summed E-state index contributed by atoms with van der Waals surface area (Å²) in [5.74, 6) is -0.0268. The van der Waals surface area contributed by atoms with E-state index >= 15 is 0 Å². The van der Waals surface area contributed by atoms with Crippen molar-refractivity contribution in [2.75, 3.05) is 26.2 Å². The minimum absolute atomic E-state index is 0.0831. The molecule has 0 unspecified atom stereocenters. The largest absolute Gasteiger partial charge is 0.478 e. The van der Waals surface area contributed by atoms with Crippen LogP contribution >= 0.6 is 38.9 Å². The van der Waals surface area contributed by atoms with E-state index < -0.39 is 12.0 Å². The number of carbonyl (C=O) groups excluding carboxylic acids is 2. The number of aromatic carboxylic acids is 1. The summed E-state index contributed by atoms with van der Waals surface area (Å²) in [5, 5.41) is 19.7. The summed E-state index contributed by atoms with van der Waals surface area (Å²) >= 11 is 11.1. The SMILES string of the molecule is Cc1sc2c(c1C)C(c1ccc(Cl)cc1)=N[C@@H](CC(=O)N1CCN(C(=O)c3ccc(C(=O)O)c(Br)c3)CC1)c1nnc(C)n1-2. The highest BCUT2D eigenvalue weighted by atomic mass is 79.9. The van der Waals surface area contributed by atoms with Crippen LogP contribution in [0.5, 0.6) is 0 Å². The zero-order chi connectivity index (χ0) is 31.3. The number of rotatable bonds is 5. The van der Waals surface area contributed by atoms with Gasteiger partial charge in [-0.2, -0.15) is 0 Å². The number of benzene rings is 2. The van der Waals surface area contributed by atoms with Gasteiger partial charge in [-0.05, 0) is 72.6 Å². The Bertz CT molecular complexity index is 1840. The van der Waals surface area contributed by atoms with Crippen LogP contribution in [-0.2, 0) is 4.79 Å². The van der Waals surface area contributed by atoms with Crippen molar-refractivity contribution in [3.8, 4) is 5.00 Å². The Morgan fingerprint density at radius 2 is 1.68 bits per heavy atom. The molecular weight excluding hydrogens is 668 g/mol. The van der Waals surface area contributed by atoms with Gasteiger partial charge in [0.1, 0.15) is 16.9 Å². The Labute approximate surface area is 271 Å². The number of nitrogens with zero attached hydrogens (tertiary/aromatic N) is 6. The number of amides is 2. The van der Waals surface area contributed by atoms with Gasteiger partial charge in [0.05, 0.1) is 17.7 Å². The van der Waals surface area contributed by atoms with Crippen molar-refractivity contribution in [2.24, 2.45) is 4.99 Å². The molecule has 2 aromatic heterocycles. The van der Waals surface area contributed by atoms with Crippen LogP contribution < -0.4 is 0 Å². The summed E-state index contributed by atoms with van der Waals surface area (Å²) in [5.41, 5.74) is 4.29. The molecule has 0 spiro atoms. The molecule has 2 aliphatic rings. The number of hydrogen-bond acceptors (Lipinski definition) is 7. The second-order valence-corrected chi connectivity index (χ2v) is 13.3. The maximum Gasteiger partial charge on any atom is 0.336 e. The van der Waals surface area contributed by atoms with E-state index in [1.165, 1.54) is 23.1 Å². The third-order valence-electron chi connectivity index (χ3n) is 8.09. The molecule has 10 nitrogen and oxygen atoms in total.